The van der Waals surface area contributed by atoms with Crippen LogP contribution in [0, 0.1) is 3.57 Å². The normalized spacial score (nSPS) is 12.5. The highest BCUT2D eigenvalue weighted by Crippen LogP contribution is 2.39. The number of halogens is 1. The van der Waals surface area contributed by atoms with E-state index in [-0.39, 0.29) is 5.04 Å². The molecule has 0 bridgehead atoms. The third-order valence-electron chi connectivity index (χ3n) is 5.23. The van der Waals surface area contributed by atoms with Crippen LogP contribution in [0.4, 0.5) is 5.82 Å². The van der Waals surface area contributed by atoms with Gasteiger partial charge in [0.1, 0.15) is 18.8 Å². The fourth-order valence-electron chi connectivity index (χ4n) is 2.36. The van der Waals surface area contributed by atoms with E-state index in [1.54, 1.807) is 7.11 Å². The Labute approximate surface area is 190 Å². The minimum Gasteiger partial charge on any atom is -0.497 e. The Balaban J connectivity index is 2.03. The molecule has 0 aliphatic carbocycles. The zero-order valence-electron chi connectivity index (χ0n) is 17.5. The van der Waals surface area contributed by atoms with Crippen molar-refractivity contribution in [3.8, 4) is 5.75 Å². The first-order valence-corrected chi connectivity index (χ1v) is 14.0. The van der Waals surface area contributed by atoms with Crippen molar-refractivity contribution in [3.63, 3.8) is 0 Å². The largest absolute Gasteiger partial charge is 0.497 e. The molecule has 0 saturated heterocycles. The van der Waals surface area contributed by atoms with Gasteiger partial charge in [-0.3, -0.25) is 4.57 Å². The van der Waals surface area contributed by atoms with Gasteiger partial charge in [-0.1, -0.05) is 32.5 Å². The lowest BCUT2D eigenvalue weighted by Gasteiger charge is -2.36. The molecule has 10 heteroatoms. The first kappa shape index (κ1) is 22.3. The van der Waals surface area contributed by atoms with Gasteiger partial charge >= 0.3 is 0 Å². The Morgan fingerprint density at radius 2 is 1.97 bits per heavy atom. The Kier molecular flexibility index (Phi) is 6.46. The van der Waals surface area contributed by atoms with E-state index < -0.39 is 8.32 Å². The van der Waals surface area contributed by atoms with E-state index in [1.165, 1.54) is 18.1 Å². The van der Waals surface area contributed by atoms with Crippen molar-refractivity contribution in [1.29, 1.82) is 0 Å². The number of hydrogen-bond donors (Lipinski definition) is 1. The van der Waals surface area contributed by atoms with Gasteiger partial charge in [0.05, 0.1) is 7.11 Å². The molecule has 0 aliphatic heterocycles. The summed E-state index contributed by atoms with van der Waals surface area (Å²) >= 11 is 3.85. The summed E-state index contributed by atoms with van der Waals surface area (Å²) in [7, 11) is -0.295. The van der Waals surface area contributed by atoms with Crippen LogP contribution in [0.5, 0.6) is 5.75 Å². The van der Waals surface area contributed by atoms with Gasteiger partial charge in [0.15, 0.2) is 30.5 Å². The molecular formula is C19H26IN5O2SSi. The molecule has 2 heterocycles. The van der Waals surface area contributed by atoms with Gasteiger partial charge in [0.2, 0.25) is 0 Å². The summed E-state index contributed by atoms with van der Waals surface area (Å²) in [4.78, 5) is 14.3. The van der Waals surface area contributed by atoms with Crippen LogP contribution in [-0.4, -0.2) is 34.9 Å². The lowest BCUT2D eigenvalue weighted by Crippen LogP contribution is -2.41. The van der Waals surface area contributed by atoms with Crippen molar-refractivity contribution in [1.82, 2.24) is 19.5 Å². The quantitative estimate of drug-likeness (QED) is 0.340. The van der Waals surface area contributed by atoms with Gasteiger partial charge in [-0.25, -0.2) is 15.0 Å². The minimum absolute atomic E-state index is 0.104. The molecule has 0 spiro atoms. The van der Waals surface area contributed by atoms with Crippen LogP contribution in [0.2, 0.25) is 18.1 Å². The molecule has 0 saturated carbocycles. The summed E-state index contributed by atoms with van der Waals surface area (Å²) in [5, 5.41) is 0.865. The number of hydrogen-bond acceptors (Lipinski definition) is 7. The number of nitrogens with zero attached hydrogens (tertiary/aromatic N) is 4. The maximum atomic E-state index is 6.46. The number of fused-ring (bicyclic) bond motifs is 1. The van der Waals surface area contributed by atoms with E-state index in [0.717, 1.165) is 19.4 Å². The molecule has 0 fully saturated rings. The summed E-state index contributed by atoms with van der Waals surface area (Å²) in [6.07, 6.45) is 1.46. The fraction of sp³-hybridized carbons (Fsp3) is 0.421. The molecule has 0 atom stereocenters. The molecule has 3 aromatic rings. The van der Waals surface area contributed by atoms with Gasteiger partial charge in [-0.2, -0.15) is 0 Å². The predicted molar refractivity (Wildman–Crippen MR) is 128 cm³/mol. The molecule has 1 aromatic carbocycles. The van der Waals surface area contributed by atoms with Crippen molar-refractivity contribution in [3.05, 3.63) is 28.1 Å². The molecule has 3 rings (SSSR count). The highest BCUT2D eigenvalue weighted by atomic mass is 127. The van der Waals surface area contributed by atoms with Crippen molar-refractivity contribution >= 4 is 59.7 Å². The van der Waals surface area contributed by atoms with Crippen LogP contribution >= 0.6 is 34.4 Å². The molecule has 29 heavy (non-hydrogen) atoms. The predicted octanol–water partition coefficient (Wildman–Crippen LogP) is 5.15. The maximum absolute atomic E-state index is 6.46. The van der Waals surface area contributed by atoms with E-state index in [9.17, 15) is 0 Å². The molecule has 7 nitrogen and oxygen atoms in total. The molecule has 2 N–H and O–H groups in total. The third kappa shape index (κ3) is 4.70. The van der Waals surface area contributed by atoms with Crippen molar-refractivity contribution in [2.45, 2.75) is 55.7 Å². The van der Waals surface area contributed by atoms with Crippen LogP contribution in [0.15, 0.2) is 34.6 Å². The molecule has 0 aliphatic rings. The number of rotatable bonds is 6. The Hall–Kier alpha value is -1.37. The van der Waals surface area contributed by atoms with Gasteiger partial charge in [-0.05, 0) is 58.9 Å². The van der Waals surface area contributed by atoms with Gasteiger partial charge < -0.3 is 14.9 Å². The third-order valence-corrected chi connectivity index (χ3v) is 12.0. The highest BCUT2D eigenvalue weighted by molar-refractivity contribution is 14.1. The van der Waals surface area contributed by atoms with E-state index in [4.69, 9.17) is 19.9 Å². The zero-order chi connectivity index (χ0) is 21.4. The SMILES string of the molecule is COc1ccc(I)c(Sc2nc3c(N)ncnc3n2CO[Si](C)(C)C(C)(C)C)c1. The number of benzene rings is 1. The van der Waals surface area contributed by atoms with E-state index in [2.05, 4.69) is 66.4 Å². The van der Waals surface area contributed by atoms with Gasteiger partial charge in [-0.15, -0.1) is 0 Å². The second-order valence-corrected chi connectivity index (χ2v) is 15.2. The molecule has 156 valence electrons. The number of nitrogen functional groups attached to an aromatic ring is 1. The van der Waals surface area contributed by atoms with Crippen LogP contribution in [0.25, 0.3) is 11.2 Å². The van der Waals surface area contributed by atoms with Crippen molar-refractivity contribution in [2.24, 2.45) is 0 Å². The minimum atomic E-state index is -1.96. The number of aromatic nitrogens is 4. The molecular weight excluding hydrogens is 517 g/mol. The molecule has 0 amide bonds. The highest BCUT2D eigenvalue weighted by Gasteiger charge is 2.37. The fourth-order valence-corrected chi connectivity index (χ4v) is 4.83. The van der Waals surface area contributed by atoms with Crippen LogP contribution in [0.1, 0.15) is 20.8 Å². The van der Waals surface area contributed by atoms with Gasteiger partial charge in [0, 0.05) is 8.47 Å². The first-order valence-electron chi connectivity index (χ1n) is 9.15. The maximum Gasteiger partial charge on any atom is 0.194 e. The Bertz CT molecular complexity index is 1040. The van der Waals surface area contributed by atoms with E-state index in [1.807, 2.05) is 22.8 Å². The first-order chi connectivity index (χ1) is 13.5. The lowest BCUT2D eigenvalue weighted by molar-refractivity contribution is 0.207. The lowest BCUT2D eigenvalue weighted by atomic mass is 10.2. The smallest absolute Gasteiger partial charge is 0.194 e. The van der Waals surface area contributed by atoms with Crippen LogP contribution in [0.3, 0.4) is 0 Å². The zero-order valence-corrected chi connectivity index (χ0v) is 21.5. The molecule has 0 unspecified atom stereocenters. The van der Waals surface area contributed by atoms with E-state index >= 15 is 0 Å². The topological polar surface area (TPSA) is 88.1 Å². The van der Waals surface area contributed by atoms with E-state index in [0.29, 0.717) is 23.7 Å². The second-order valence-electron chi connectivity index (χ2n) is 8.19. The number of nitrogens with two attached hydrogens (primary N) is 1. The number of anilines is 1. The summed E-state index contributed by atoms with van der Waals surface area (Å²) in [5.74, 6) is 1.16. The number of ether oxygens (including phenoxy) is 1. The Morgan fingerprint density at radius 1 is 1.24 bits per heavy atom. The summed E-state index contributed by atoms with van der Waals surface area (Å²) < 4.78 is 14.9. The average Bonchev–Trinajstić information content (AvgIpc) is 2.99. The monoisotopic (exact) mass is 543 g/mol. The second kappa shape index (κ2) is 8.40. The van der Waals surface area contributed by atoms with Gasteiger partial charge in [0.25, 0.3) is 0 Å². The van der Waals surface area contributed by atoms with Crippen molar-refractivity contribution < 1.29 is 9.16 Å². The number of imidazole rings is 1. The van der Waals surface area contributed by atoms with Crippen LogP contribution < -0.4 is 10.5 Å². The van der Waals surface area contributed by atoms with Crippen molar-refractivity contribution in [2.75, 3.05) is 12.8 Å². The molecule has 0 radical (unpaired) electrons. The summed E-state index contributed by atoms with van der Waals surface area (Å²) in [5.41, 5.74) is 7.34. The summed E-state index contributed by atoms with van der Waals surface area (Å²) in [6.45, 7) is 11.5. The molecule has 2 aromatic heterocycles. The van der Waals surface area contributed by atoms with Crippen LogP contribution in [-0.2, 0) is 11.2 Å². The average molecular weight is 544 g/mol. The Morgan fingerprint density at radius 3 is 2.62 bits per heavy atom. The standard InChI is InChI=1S/C19H26IN5O2SSi/c1-19(2,3)29(5,6)27-11-25-17-15(16(21)22-10-23-17)24-18(25)28-14-9-12(26-4)7-8-13(14)20/h7-10H,11H2,1-6H3,(H2,21,22,23). The summed E-state index contributed by atoms with van der Waals surface area (Å²) in [6, 6.07) is 5.97. The number of methoxy groups -OCH3 is 1.